The number of nitrogens with two attached hydrogens (primary N) is 1. The third-order valence-electron chi connectivity index (χ3n) is 3.23. The molecule has 1 atom stereocenters. The van der Waals surface area contributed by atoms with Gasteiger partial charge < -0.3 is 11.1 Å². The summed E-state index contributed by atoms with van der Waals surface area (Å²) in [6, 6.07) is 7.51. The van der Waals surface area contributed by atoms with Crippen LogP contribution in [0.3, 0.4) is 0 Å². The van der Waals surface area contributed by atoms with Crippen LogP contribution in [-0.4, -0.2) is 11.4 Å². The summed E-state index contributed by atoms with van der Waals surface area (Å²) in [6.45, 7) is 3.99. The number of carbonyl (C=O) groups is 1. The van der Waals surface area contributed by atoms with E-state index in [2.05, 4.69) is 12.2 Å². The molecule has 0 heterocycles. The van der Waals surface area contributed by atoms with E-state index in [4.69, 9.17) is 5.73 Å². The summed E-state index contributed by atoms with van der Waals surface area (Å²) < 4.78 is 0. The Bertz CT molecular complexity index is 410. The number of amides is 1. The van der Waals surface area contributed by atoms with E-state index in [0.29, 0.717) is 5.69 Å². The van der Waals surface area contributed by atoms with Gasteiger partial charge in [0.2, 0.25) is 5.91 Å². The minimum Gasteiger partial charge on any atom is -0.399 e. The van der Waals surface area contributed by atoms with E-state index in [1.165, 1.54) is 0 Å². The van der Waals surface area contributed by atoms with Gasteiger partial charge in [0.05, 0.1) is 5.92 Å². The molecule has 3 nitrogen and oxygen atoms in total. The zero-order valence-corrected chi connectivity index (χ0v) is 9.79. The van der Waals surface area contributed by atoms with Crippen LogP contribution in [0.2, 0.25) is 0 Å². The van der Waals surface area contributed by atoms with Gasteiger partial charge >= 0.3 is 0 Å². The predicted octanol–water partition coefficient (Wildman–Crippen LogP) is 2.04. The predicted molar refractivity (Wildman–Crippen MR) is 65.1 cm³/mol. The van der Waals surface area contributed by atoms with Gasteiger partial charge in [0.25, 0.3) is 0 Å². The number of hydrogen-bond acceptors (Lipinski definition) is 2. The van der Waals surface area contributed by atoms with Crippen molar-refractivity contribution in [2.75, 3.05) is 5.73 Å². The number of nitrogen functional groups attached to an aromatic ring is 1. The fourth-order valence-electron chi connectivity index (χ4n) is 1.70. The van der Waals surface area contributed by atoms with Crippen molar-refractivity contribution in [3.8, 4) is 0 Å². The molecule has 16 heavy (non-hydrogen) atoms. The second-order valence-corrected chi connectivity index (χ2v) is 4.94. The number of rotatable bonds is 3. The molecule has 0 spiro atoms. The Labute approximate surface area is 96.0 Å². The van der Waals surface area contributed by atoms with Gasteiger partial charge in [-0.05, 0) is 44.4 Å². The van der Waals surface area contributed by atoms with Gasteiger partial charge in [-0.2, -0.15) is 0 Å². The number of carbonyl (C=O) groups excluding carboxylic acids is 1. The molecule has 0 bridgehead atoms. The van der Waals surface area contributed by atoms with Crippen molar-refractivity contribution < 1.29 is 4.79 Å². The number of hydrogen-bond donors (Lipinski definition) is 2. The molecule has 3 N–H and O–H groups in total. The molecular formula is C13H18N2O. The molecule has 1 aromatic rings. The summed E-state index contributed by atoms with van der Waals surface area (Å²) in [4.78, 5) is 12.0. The first kappa shape index (κ1) is 11.0. The molecule has 1 unspecified atom stereocenters. The molecule has 1 amide bonds. The van der Waals surface area contributed by atoms with Gasteiger partial charge in [-0.25, -0.2) is 0 Å². The molecule has 3 heteroatoms. The Morgan fingerprint density at radius 3 is 2.75 bits per heavy atom. The van der Waals surface area contributed by atoms with Crippen LogP contribution in [0.25, 0.3) is 0 Å². The first-order valence-electron chi connectivity index (χ1n) is 5.68. The zero-order chi connectivity index (χ0) is 11.8. The lowest BCUT2D eigenvalue weighted by molar-refractivity contribution is -0.123. The molecule has 1 aliphatic rings. The van der Waals surface area contributed by atoms with E-state index in [9.17, 15) is 4.79 Å². The number of anilines is 1. The Kier molecular flexibility index (Phi) is 2.62. The lowest BCUT2D eigenvalue weighted by atomic mass is 9.99. The fourth-order valence-corrected chi connectivity index (χ4v) is 1.70. The van der Waals surface area contributed by atoms with E-state index in [1.807, 2.05) is 31.2 Å². The van der Waals surface area contributed by atoms with Crippen molar-refractivity contribution >= 4 is 11.6 Å². The first-order valence-corrected chi connectivity index (χ1v) is 5.68. The van der Waals surface area contributed by atoms with Gasteiger partial charge in [-0.1, -0.05) is 12.1 Å². The number of benzene rings is 1. The van der Waals surface area contributed by atoms with Crippen molar-refractivity contribution in [3.05, 3.63) is 29.8 Å². The zero-order valence-electron chi connectivity index (χ0n) is 9.79. The minimum absolute atomic E-state index is 0.0473. The van der Waals surface area contributed by atoms with Crippen molar-refractivity contribution in [1.29, 1.82) is 0 Å². The van der Waals surface area contributed by atoms with Gasteiger partial charge in [0.15, 0.2) is 0 Å². The lowest BCUT2D eigenvalue weighted by Gasteiger charge is -2.17. The van der Waals surface area contributed by atoms with Gasteiger partial charge in [-0.15, -0.1) is 0 Å². The molecule has 86 valence electrons. The average Bonchev–Trinajstić information content (AvgIpc) is 2.95. The van der Waals surface area contributed by atoms with E-state index >= 15 is 0 Å². The highest BCUT2D eigenvalue weighted by atomic mass is 16.2. The standard InChI is InChI=1S/C13H18N2O/c1-9(10-4-3-5-11(14)8-10)12(16)15-13(2)6-7-13/h3-5,8-9H,6-7,14H2,1-2H3,(H,15,16). The molecule has 0 radical (unpaired) electrons. The molecule has 1 aliphatic carbocycles. The third-order valence-corrected chi connectivity index (χ3v) is 3.23. The Morgan fingerprint density at radius 1 is 1.50 bits per heavy atom. The number of nitrogens with one attached hydrogen (secondary N) is 1. The minimum atomic E-state index is -0.138. The summed E-state index contributed by atoms with van der Waals surface area (Å²) in [5.74, 6) is -0.0495. The summed E-state index contributed by atoms with van der Waals surface area (Å²) in [5.41, 5.74) is 7.43. The SMILES string of the molecule is CC(C(=O)NC1(C)CC1)c1cccc(N)c1. The molecule has 0 aliphatic heterocycles. The maximum absolute atomic E-state index is 12.0. The molecule has 1 aromatic carbocycles. The average molecular weight is 218 g/mol. The maximum Gasteiger partial charge on any atom is 0.227 e. The van der Waals surface area contributed by atoms with Crippen LogP contribution in [-0.2, 0) is 4.79 Å². The molecule has 0 aromatic heterocycles. The van der Waals surface area contributed by atoms with Crippen LogP contribution in [0.4, 0.5) is 5.69 Å². The van der Waals surface area contributed by atoms with Crippen molar-refractivity contribution in [3.63, 3.8) is 0 Å². The van der Waals surface area contributed by atoms with Gasteiger partial charge in [0, 0.05) is 11.2 Å². The molecule has 1 fully saturated rings. The van der Waals surface area contributed by atoms with Crippen molar-refractivity contribution in [2.45, 2.75) is 38.1 Å². The Morgan fingerprint density at radius 2 is 2.19 bits per heavy atom. The topological polar surface area (TPSA) is 55.1 Å². The highest BCUT2D eigenvalue weighted by Crippen LogP contribution is 2.35. The van der Waals surface area contributed by atoms with Crippen LogP contribution >= 0.6 is 0 Å². The summed E-state index contributed by atoms with van der Waals surface area (Å²) in [5, 5.41) is 3.07. The van der Waals surface area contributed by atoms with E-state index in [1.54, 1.807) is 0 Å². The quantitative estimate of drug-likeness (QED) is 0.763. The molecule has 1 saturated carbocycles. The van der Waals surface area contributed by atoms with Gasteiger partial charge in [-0.3, -0.25) is 4.79 Å². The van der Waals surface area contributed by atoms with Crippen LogP contribution in [0.5, 0.6) is 0 Å². The van der Waals surface area contributed by atoms with E-state index in [0.717, 1.165) is 18.4 Å². The van der Waals surface area contributed by atoms with Gasteiger partial charge in [0.1, 0.15) is 0 Å². The second-order valence-electron chi connectivity index (χ2n) is 4.94. The smallest absolute Gasteiger partial charge is 0.227 e. The monoisotopic (exact) mass is 218 g/mol. The first-order chi connectivity index (χ1) is 7.50. The maximum atomic E-state index is 12.0. The van der Waals surface area contributed by atoms with Crippen LogP contribution in [0.15, 0.2) is 24.3 Å². The third kappa shape index (κ3) is 2.35. The molecule has 2 rings (SSSR count). The lowest BCUT2D eigenvalue weighted by Crippen LogP contribution is -2.37. The molecular weight excluding hydrogens is 200 g/mol. The van der Waals surface area contributed by atoms with Crippen molar-refractivity contribution in [1.82, 2.24) is 5.32 Å². The normalized spacial score (nSPS) is 18.9. The molecule has 0 saturated heterocycles. The summed E-state index contributed by atoms with van der Waals surface area (Å²) in [6.07, 6.45) is 2.17. The van der Waals surface area contributed by atoms with E-state index in [-0.39, 0.29) is 17.4 Å². The van der Waals surface area contributed by atoms with Crippen LogP contribution in [0, 0.1) is 0 Å². The van der Waals surface area contributed by atoms with Crippen LogP contribution in [0.1, 0.15) is 38.2 Å². The largest absolute Gasteiger partial charge is 0.399 e. The Balaban J connectivity index is 2.06. The fraction of sp³-hybridized carbons (Fsp3) is 0.462. The highest BCUT2D eigenvalue weighted by molar-refractivity contribution is 5.84. The van der Waals surface area contributed by atoms with Crippen LogP contribution < -0.4 is 11.1 Å². The summed E-state index contributed by atoms with van der Waals surface area (Å²) >= 11 is 0. The summed E-state index contributed by atoms with van der Waals surface area (Å²) in [7, 11) is 0. The van der Waals surface area contributed by atoms with Crippen molar-refractivity contribution in [2.24, 2.45) is 0 Å². The second kappa shape index (κ2) is 3.81. The Hall–Kier alpha value is -1.51. The van der Waals surface area contributed by atoms with E-state index < -0.39 is 0 Å². The highest BCUT2D eigenvalue weighted by Gasteiger charge is 2.39.